The molecule has 1 aromatic carbocycles. The van der Waals surface area contributed by atoms with Gasteiger partial charge in [-0.25, -0.2) is 9.59 Å². The van der Waals surface area contributed by atoms with E-state index in [0.717, 1.165) is 0 Å². The van der Waals surface area contributed by atoms with Crippen molar-refractivity contribution >= 4 is 23.3 Å². The third-order valence-corrected chi connectivity index (χ3v) is 3.24. The Balaban J connectivity index is 2.38. The SMILES string of the molecule is COC(=O)c1cccc(OC)c1OC(=O)c1ccsc1. The molecule has 0 fully saturated rings. The first-order chi connectivity index (χ1) is 9.67. The van der Waals surface area contributed by atoms with Crippen LogP contribution >= 0.6 is 11.3 Å². The summed E-state index contributed by atoms with van der Waals surface area (Å²) in [5, 5.41) is 3.43. The van der Waals surface area contributed by atoms with Gasteiger partial charge in [0.1, 0.15) is 5.56 Å². The summed E-state index contributed by atoms with van der Waals surface area (Å²) in [5.74, 6) is -0.813. The van der Waals surface area contributed by atoms with Crippen molar-refractivity contribution in [3.63, 3.8) is 0 Å². The summed E-state index contributed by atoms with van der Waals surface area (Å²) in [4.78, 5) is 23.7. The van der Waals surface area contributed by atoms with Gasteiger partial charge in [0.2, 0.25) is 0 Å². The molecule has 0 atom stereocenters. The highest BCUT2D eigenvalue weighted by Gasteiger charge is 2.21. The van der Waals surface area contributed by atoms with Crippen LogP contribution in [0.5, 0.6) is 11.5 Å². The van der Waals surface area contributed by atoms with E-state index in [-0.39, 0.29) is 17.1 Å². The minimum absolute atomic E-state index is 0.0538. The van der Waals surface area contributed by atoms with E-state index in [1.807, 2.05) is 0 Å². The van der Waals surface area contributed by atoms with Gasteiger partial charge in [0.15, 0.2) is 11.5 Å². The van der Waals surface area contributed by atoms with Gasteiger partial charge in [-0.2, -0.15) is 11.3 Å². The van der Waals surface area contributed by atoms with Gasteiger partial charge < -0.3 is 14.2 Å². The fraction of sp³-hybridized carbons (Fsp3) is 0.143. The minimum Gasteiger partial charge on any atom is -0.493 e. The zero-order chi connectivity index (χ0) is 14.5. The van der Waals surface area contributed by atoms with E-state index < -0.39 is 11.9 Å². The second-order valence-electron chi connectivity index (χ2n) is 3.73. The van der Waals surface area contributed by atoms with Crippen LogP contribution in [0.1, 0.15) is 20.7 Å². The van der Waals surface area contributed by atoms with E-state index >= 15 is 0 Å². The van der Waals surface area contributed by atoms with E-state index in [4.69, 9.17) is 9.47 Å². The topological polar surface area (TPSA) is 61.8 Å². The fourth-order valence-electron chi connectivity index (χ4n) is 1.58. The number of para-hydroxylation sites is 1. The molecule has 2 aromatic rings. The molecule has 0 saturated heterocycles. The predicted molar refractivity (Wildman–Crippen MR) is 73.6 cm³/mol. The number of benzene rings is 1. The van der Waals surface area contributed by atoms with Gasteiger partial charge in [-0.1, -0.05) is 6.07 Å². The molecule has 5 nitrogen and oxygen atoms in total. The molecule has 0 N–H and O–H groups in total. The van der Waals surface area contributed by atoms with Crippen molar-refractivity contribution < 1.29 is 23.8 Å². The van der Waals surface area contributed by atoms with E-state index in [1.165, 1.54) is 31.6 Å². The van der Waals surface area contributed by atoms with Gasteiger partial charge in [-0.15, -0.1) is 0 Å². The van der Waals surface area contributed by atoms with Crippen LogP contribution in [0.4, 0.5) is 0 Å². The molecule has 0 aliphatic heterocycles. The van der Waals surface area contributed by atoms with E-state index in [2.05, 4.69) is 4.74 Å². The van der Waals surface area contributed by atoms with Crippen LogP contribution in [0, 0.1) is 0 Å². The fourth-order valence-corrected chi connectivity index (χ4v) is 2.21. The first-order valence-corrected chi connectivity index (χ1v) is 6.61. The lowest BCUT2D eigenvalue weighted by molar-refractivity contribution is 0.0591. The third kappa shape index (κ3) is 2.80. The van der Waals surface area contributed by atoms with Gasteiger partial charge >= 0.3 is 11.9 Å². The van der Waals surface area contributed by atoms with Crippen molar-refractivity contribution in [2.24, 2.45) is 0 Å². The number of carbonyl (C=O) groups excluding carboxylic acids is 2. The maximum Gasteiger partial charge on any atom is 0.344 e. The standard InChI is InChI=1S/C14H12O5S/c1-17-11-5-3-4-10(14(16)18-2)12(11)19-13(15)9-6-7-20-8-9/h3-8H,1-2H3. The molecule has 0 aliphatic carbocycles. The molecule has 0 unspecified atom stereocenters. The quantitative estimate of drug-likeness (QED) is 0.640. The van der Waals surface area contributed by atoms with Crippen molar-refractivity contribution in [3.05, 3.63) is 46.2 Å². The van der Waals surface area contributed by atoms with Crippen LogP contribution in [-0.4, -0.2) is 26.2 Å². The number of carbonyl (C=O) groups is 2. The summed E-state index contributed by atoms with van der Waals surface area (Å²) < 4.78 is 15.1. The molecular formula is C14H12O5S. The first-order valence-electron chi connectivity index (χ1n) is 5.67. The molecule has 0 saturated carbocycles. The molecular weight excluding hydrogens is 280 g/mol. The Bertz CT molecular complexity index is 618. The third-order valence-electron chi connectivity index (χ3n) is 2.56. The molecule has 1 aromatic heterocycles. The highest BCUT2D eigenvalue weighted by Crippen LogP contribution is 2.32. The minimum atomic E-state index is -0.600. The molecule has 6 heteroatoms. The highest BCUT2D eigenvalue weighted by atomic mass is 32.1. The van der Waals surface area contributed by atoms with Crippen LogP contribution in [0.2, 0.25) is 0 Å². The van der Waals surface area contributed by atoms with Gasteiger partial charge in [0.25, 0.3) is 0 Å². The van der Waals surface area contributed by atoms with E-state index in [1.54, 1.807) is 29.0 Å². The lowest BCUT2D eigenvalue weighted by Crippen LogP contribution is -2.12. The summed E-state index contributed by atoms with van der Waals surface area (Å²) in [6, 6.07) is 6.36. The number of esters is 2. The van der Waals surface area contributed by atoms with Crippen LogP contribution in [0.25, 0.3) is 0 Å². The molecule has 2 rings (SSSR count). The monoisotopic (exact) mass is 292 g/mol. The van der Waals surface area contributed by atoms with Crippen molar-refractivity contribution in [1.29, 1.82) is 0 Å². The Morgan fingerprint density at radius 2 is 1.90 bits per heavy atom. The van der Waals surface area contributed by atoms with Gasteiger partial charge in [-0.3, -0.25) is 0 Å². The normalized spacial score (nSPS) is 9.90. The van der Waals surface area contributed by atoms with E-state index in [9.17, 15) is 9.59 Å². The number of hydrogen-bond acceptors (Lipinski definition) is 6. The Labute approximate surface area is 119 Å². The Kier molecular flexibility index (Phi) is 4.37. The number of methoxy groups -OCH3 is 2. The maximum absolute atomic E-state index is 12.0. The number of thiophene rings is 1. The predicted octanol–water partition coefficient (Wildman–Crippen LogP) is 2.76. The number of rotatable bonds is 4. The van der Waals surface area contributed by atoms with Gasteiger partial charge in [0, 0.05) is 5.38 Å². The highest BCUT2D eigenvalue weighted by molar-refractivity contribution is 7.08. The van der Waals surface area contributed by atoms with Crippen molar-refractivity contribution in [1.82, 2.24) is 0 Å². The van der Waals surface area contributed by atoms with Crippen molar-refractivity contribution in [2.75, 3.05) is 14.2 Å². The second-order valence-corrected chi connectivity index (χ2v) is 4.51. The Morgan fingerprint density at radius 1 is 1.10 bits per heavy atom. The molecule has 0 bridgehead atoms. The van der Waals surface area contributed by atoms with Crippen molar-refractivity contribution in [3.8, 4) is 11.5 Å². The second kappa shape index (κ2) is 6.21. The summed E-state index contributed by atoms with van der Waals surface area (Å²) in [5.41, 5.74) is 0.548. The van der Waals surface area contributed by atoms with Crippen molar-refractivity contribution in [2.45, 2.75) is 0 Å². The zero-order valence-corrected chi connectivity index (χ0v) is 11.7. The lowest BCUT2D eigenvalue weighted by atomic mass is 10.2. The molecule has 0 aliphatic rings. The average Bonchev–Trinajstić information content (AvgIpc) is 3.01. The van der Waals surface area contributed by atoms with Crippen LogP contribution in [0.3, 0.4) is 0 Å². The van der Waals surface area contributed by atoms with Crippen LogP contribution in [-0.2, 0) is 4.74 Å². The number of ether oxygens (including phenoxy) is 3. The zero-order valence-electron chi connectivity index (χ0n) is 10.9. The van der Waals surface area contributed by atoms with Crippen LogP contribution in [0.15, 0.2) is 35.0 Å². The largest absolute Gasteiger partial charge is 0.493 e. The molecule has 0 spiro atoms. The van der Waals surface area contributed by atoms with Crippen LogP contribution < -0.4 is 9.47 Å². The van der Waals surface area contributed by atoms with Gasteiger partial charge in [-0.05, 0) is 23.6 Å². The first kappa shape index (κ1) is 14.1. The average molecular weight is 292 g/mol. The molecule has 0 radical (unpaired) electrons. The number of hydrogen-bond donors (Lipinski definition) is 0. The molecule has 20 heavy (non-hydrogen) atoms. The molecule has 104 valence electrons. The molecule has 0 amide bonds. The summed E-state index contributed by atoms with van der Waals surface area (Å²) in [7, 11) is 2.69. The maximum atomic E-state index is 12.0. The summed E-state index contributed by atoms with van der Waals surface area (Å²) in [6.45, 7) is 0. The lowest BCUT2D eigenvalue weighted by Gasteiger charge is -2.12. The Morgan fingerprint density at radius 3 is 2.50 bits per heavy atom. The summed E-state index contributed by atoms with van der Waals surface area (Å²) in [6.07, 6.45) is 0. The smallest absolute Gasteiger partial charge is 0.344 e. The summed E-state index contributed by atoms with van der Waals surface area (Å²) >= 11 is 1.38. The van der Waals surface area contributed by atoms with E-state index in [0.29, 0.717) is 5.56 Å². The molecule has 1 heterocycles. The van der Waals surface area contributed by atoms with Gasteiger partial charge in [0.05, 0.1) is 19.8 Å². The Hall–Kier alpha value is -2.34.